The van der Waals surface area contributed by atoms with Crippen molar-refractivity contribution in [1.82, 2.24) is 25.1 Å². The summed E-state index contributed by atoms with van der Waals surface area (Å²) in [5.41, 5.74) is 4.35. The Labute approximate surface area is 230 Å². The van der Waals surface area contributed by atoms with Crippen LogP contribution >= 0.6 is 0 Å². The van der Waals surface area contributed by atoms with Gasteiger partial charge in [0.1, 0.15) is 17.9 Å². The number of rotatable bonds is 7. The van der Waals surface area contributed by atoms with E-state index in [-0.39, 0.29) is 5.75 Å². The van der Waals surface area contributed by atoms with Crippen molar-refractivity contribution in [2.45, 2.75) is 56.7 Å². The first-order valence-electron chi connectivity index (χ1n) is 14.1. The lowest BCUT2D eigenvalue weighted by Gasteiger charge is -2.40. The normalized spacial score (nSPS) is 21.6. The zero-order valence-corrected chi connectivity index (χ0v) is 22.5. The maximum Gasteiger partial charge on any atom is 0.181 e. The number of aromatic nitrogens is 4. The molecule has 0 spiro atoms. The number of hydrogen-bond acceptors (Lipinski definition) is 7. The Morgan fingerprint density at radius 3 is 2.46 bits per heavy atom. The number of nitrogens with zero attached hydrogens (tertiary/aromatic N) is 5. The molecule has 1 aliphatic carbocycles. The molecule has 1 aliphatic heterocycles. The first kappa shape index (κ1) is 25.4. The van der Waals surface area contributed by atoms with Gasteiger partial charge in [0.15, 0.2) is 5.82 Å². The molecule has 8 heteroatoms. The number of hydrogen-bond donors (Lipinski definition) is 3. The molecule has 6 rings (SSSR count). The molecule has 1 saturated heterocycles. The average Bonchev–Trinajstić information content (AvgIpc) is 3.41. The topological polar surface area (TPSA) is 91.1 Å². The van der Waals surface area contributed by atoms with Crippen LogP contribution in [-0.4, -0.2) is 56.1 Å². The van der Waals surface area contributed by atoms with Gasteiger partial charge in [0.2, 0.25) is 0 Å². The highest BCUT2D eigenvalue weighted by atomic mass is 16.3. The second kappa shape index (κ2) is 11.5. The standard InChI is InChI=1S/C31H37N7O/c1-37-21-33-31(36-37)22-11-13-26(14-12-22)38-17-5-7-25(20-38)34-28-9-2-3-10-29(28)35-30-19-24(15-16-32-30)23-6-4-8-27(39)18-23/h4,6,8,11-16,18-19,21,25,28-29,34,39H,2-3,5,7,9-10,17,20H2,1H3,(H,32,35). The van der Waals surface area contributed by atoms with Crippen LogP contribution in [0.1, 0.15) is 38.5 Å². The minimum atomic E-state index is 0.276. The van der Waals surface area contributed by atoms with Crippen molar-refractivity contribution in [2.75, 3.05) is 23.3 Å². The van der Waals surface area contributed by atoms with Crippen LogP contribution in [0, 0.1) is 0 Å². The van der Waals surface area contributed by atoms with Crippen molar-refractivity contribution in [1.29, 1.82) is 0 Å². The molecule has 3 atom stereocenters. The number of phenols is 1. The summed E-state index contributed by atoms with van der Waals surface area (Å²) in [7, 11) is 1.89. The van der Waals surface area contributed by atoms with Gasteiger partial charge in [0.25, 0.3) is 0 Å². The summed E-state index contributed by atoms with van der Waals surface area (Å²) in [6.07, 6.45) is 10.8. The molecule has 1 saturated carbocycles. The molecule has 2 fully saturated rings. The average molecular weight is 524 g/mol. The Bertz CT molecular complexity index is 1390. The Balaban J connectivity index is 1.10. The molecule has 2 aromatic heterocycles. The van der Waals surface area contributed by atoms with E-state index in [1.807, 2.05) is 31.4 Å². The first-order valence-corrected chi connectivity index (χ1v) is 14.1. The maximum atomic E-state index is 9.90. The molecule has 8 nitrogen and oxygen atoms in total. The fraction of sp³-hybridized carbons (Fsp3) is 0.387. The Morgan fingerprint density at radius 1 is 0.846 bits per heavy atom. The van der Waals surface area contributed by atoms with E-state index >= 15 is 0 Å². The molecule has 0 radical (unpaired) electrons. The molecular weight excluding hydrogens is 486 g/mol. The largest absolute Gasteiger partial charge is 0.508 e. The molecule has 39 heavy (non-hydrogen) atoms. The summed E-state index contributed by atoms with van der Waals surface area (Å²) in [5.74, 6) is 1.93. The molecule has 2 aliphatic rings. The fourth-order valence-electron chi connectivity index (χ4n) is 6.01. The van der Waals surface area contributed by atoms with Gasteiger partial charge in [0, 0.05) is 55.7 Å². The zero-order valence-electron chi connectivity index (χ0n) is 22.5. The van der Waals surface area contributed by atoms with Crippen LogP contribution in [-0.2, 0) is 7.05 Å². The minimum Gasteiger partial charge on any atom is -0.508 e. The Hall–Kier alpha value is -3.91. The predicted octanol–water partition coefficient (Wildman–Crippen LogP) is 5.23. The molecule has 0 amide bonds. The number of piperidine rings is 1. The highest BCUT2D eigenvalue weighted by Crippen LogP contribution is 2.28. The molecule has 3 unspecified atom stereocenters. The van der Waals surface area contributed by atoms with Gasteiger partial charge < -0.3 is 20.6 Å². The van der Waals surface area contributed by atoms with Gasteiger partial charge in [-0.2, -0.15) is 5.10 Å². The third-order valence-electron chi connectivity index (χ3n) is 8.00. The van der Waals surface area contributed by atoms with Crippen LogP contribution in [0.15, 0.2) is 73.2 Å². The van der Waals surface area contributed by atoms with Crippen molar-refractivity contribution in [3.8, 4) is 28.3 Å². The number of benzene rings is 2. The second-order valence-electron chi connectivity index (χ2n) is 10.9. The van der Waals surface area contributed by atoms with E-state index in [9.17, 15) is 5.11 Å². The summed E-state index contributed by atoms with van der Waals surface area (Å²) in [6, 6.07) is 21.3. The van der Waals surface area contributed by atoms with Crippen LogP contribution in [0.2, 0.25) is 0 Å². The van der Waals surface area contributed by atoms with Gasteiger partial charge in [-0.15, -0.1) is 0 Å². The van der Waals surface area contributed by atoms with Gasteiger partial charge >= 0.3 is 0 Å². The quantitative estimate of drug-likeness (QED) is 0.305. The van der Waals surface area contributed by atoms with Crippen molar-refractivity contribution < 1.29 is 5.11 Å². The monoisotopic (exact) mass is 523 g/mol. The summed E-state index contributed by atoms with van der Waals surface area (Å²) in [4.78, 5) is 11.5. The summed E-state index contributed by atoms with van der Waals surface area (Å²) in [6.45, 7) is 2.09. The van der Waals surface area contributed by atoms with Crippen molar-refractivity contribution in [2.24, 2.45) is 7.05 Å². The minimum absolute atomic E-state index is 0.276. The first-order chi connectivity index (χ1) is 19.1. The lowest BCUT2D eigenvalue weighted by Crippen LogP contribution is -2.54. The highest BCUT2D eigenvalue weighted by Gasteiger charge is 2.29. The number of phenolic OH excluding ortho intramolecular Hbond substituents is 1. The summed E-state index contributed by atoms with van der Waals surface area (Å²) in [5, 5.41) is 22.1. The number of nitrogens with one attached hydrogen (secondary N) is 2. The van der Waals surface area contributed by atoms with Crippen molar-refractivity contribution >= 4 is 11.5 Å². The van der Waals surface area contributed by atoms with Crippen LogP contribution in [0.4, 0.5) is 11.5 Å². The van der Waals surface area contributed by atoms with Crippen LogP contribution < -0.4 is 15.5 Å². The third kappa shape index (κ3) is 6.06. The van der Waals surface area contributed by atoms with Gasteiger partial charge in [-0.05, 0) is 85.3 Å². The van der Waals surface area contributed by atoms with E-state index in [4.69, 9.17) is 0 Å². The van der Waals surface area contributed by atoms with Gasteiger partial charge in [-0.25, -0.2) is 9.97 Å². The second-order valence-corrected chi connectivity index (χ2v) is 10.9. The van der Waals surface area contributed by atoms with Crippen molar-refractivity contribution in [3.63, 3.8) is 0 Å². The third-order valence-corrected chi connectivity index (χ3v) is 8.00. The molecule has 3 heterocycles. The summed E-state index contributed by atoms with van der Waals surface area (Å²) < 4.78 is 1.74. The Kier molecular flexibility index (Phi) is 7.45. The lowest BCUT2D eigenvalue weighted by atomic mass is 9.89. The SMILES string of the molecule is Cn1cnc(-c2ccc(N3CCCC(NC4CCCCC4Nc4cc(-c5cccc(O)c5)ccn4)C3)cc2)n1. The van der Waals surface area contributed by atoms with Crippen LogP contribution in [0.5, 0.6) is 5.75 Å². The highest BCUT2D eigenvalue weighted by molar-refractivity contribution is 5.67. The van der Waals surface area contributed by atoms with E-state index in [1.165, 1.54) is 37.8 Å². The molecule has 2 aromatic carbocycles. The zero-order chi connectivity index (χ0) is 26.6. The molecule has 202 valence electrons. The lowest BCUT2D eigenvalue weighted by molar-refractivity contribution is 0.293. The molecular formula is C31H37N7O. The molecule has 4 aromatic rings. The van der Waals surface area contributed by atoms with E-state index in [1.54, 1.807) is 23.1 Å². The van der Waals surface area contributed by atoms with Crippen molar-refractivity contribution in [3.05, 3.63) is 73.2 Å². The van der Waals surface area contributed by atoms with Gasteiger partial charge in [-0.3, -0.25) is 4.68 Å². The van der Waals surface area contributed by atoms with Crippen LogP contribution in [0.3, 0.4) is 0 Å². The fourth-order valence-corrected chi connectivity index (χ4v) is 6.01. The number of anilines is 2. The van der Waals surface area contributed by atoms with E-state index in [2.05, 4.69) is 60.9 Å². The predicted molar refractivity (Wildman–Crippen MR) is 156 cm³/mol. The van der Waals surface area contributed by atoms with Gasteiger partial charge in [-0.1, -0.05) is 25.0 Å². The number of pyridine rings is 1. The van der Waals surface area contributed by atoms with E-state index in [0.29, 0.717) is 18.1 Å². The van der Waals surface area contributed by atoms with Gasteiger partial charge in [0.05, 0.1) is 0 Å². The molecule has 3 N–H and O–H groups in total. The van der Waals surface area contributed by atoms with Crippen LogP contribution in [0.25, 0.3) is 22.5 Å². The Morgan fingerprint density at radius 2 is 1.67 bits per heavy atom. The molecule has 0 bridgehead atoms. The number of aryl methyl sites for hydroxylation is 1. The van der Waals surface area contributed by atoms with E-state index < -0.39 is 0 Å². The maximum absolute atomic E-state index is 9.90. The smallest absolute Gasteiger partial charge is 0.181 e. The number of aromatic hydroxyl groups is 1. The van der Waals surface area contributed by atoms with E-state index in [0.717, 1.165) is 47.8 Å². The summed E-state index contributed by atoms with van der Waals surface area (Å²) >= 11 is 0.